The van der Waals surface area contributed by atoms with Gasteiger partial charge in [0.1, 0.15) is 0 Å². The van der Waals surface area contributed by atoms with Gasteiger partial charge < -0.3 is 5.32 Å². The molecule has 0 bridgehead atoms. The van der Waals surface area contributed by atoms with Gasteiger partial charge in [-0.25, -0.2) is 0 Å². The summed E-state index contributed by atoms with van der Waals surface area (Å²) in [5.74, 6) is 0.0427. The standard InChI is InChI=1S/C14H21ClN2O/c1-10(2)17(4)13(14(18)16-3)9-11-5-7-12(15)8-6-11/h5-8,10,13H,9H2,1-4H3,(H,16,18)/t13-/m1/s1. The van der Waals surface area contributed by atoms with Crippen molar-refractivity contribution in [3.05, 3.63) is 34.9 Å². The molecule has 1 aromatic rings. The van der Waals surface area contributed by atoms with Gasteiger partial charge in [0, 0.05) is 18.1 Å². The maximum absolute atomic E-state index is 12.0. The Morgan fingerprint density at radius 2 is 1.89 bits per heavy atom. The second-order valence-electron chi connectivity index (χ2n) is 4.72. The summed E-state index contributed by atoms with van der Waals surface area (Å²) >= 11 is 5.86. The van der Waals surface area contributed by atoms with E-state index in [1.165, 1.54) is 0 Å². The lowest BCUT2D eigenvalue weighted by Crippen LogP contribution is -2.48. The highest BCUT2D eigenvalue weighted by atomic mass is 35.5. The Balaban J connectivity index is 2.84. The fourth-order valence-electron chi connectivity index (χ4n) is 1.79. The van der Waals surface area contributed by atoms with Gasteiger partial charge in [-0.15, -0.1) is 0 Å². The van der Waals surface area contributed by atoms with Crippen molar-refractivity contribution in [1.82, 2.24) is 10.2 Å². The number of likely N-dealkylation sites (N-methyl/N-ethyl adjacent to an activating group) is 2. The number of benzene rings is 1. The highest BCUT2D eigenvalue weighted by Gasteiger charge is 2.24. The van der Waals surface area contributed by atoms with E-state index in [0.29, 0.717) is 17.5 Å². The van der Waals surface area contributed by atoms with Crippen molar-refractivity contribution in [2.24, 2.45) is 0 Å². The number of nitrogens with one attached hydrogen (secondary N) is 1. The maximum Gasteiger partial charge on any atom is 0.237 e. The Bertz CT molecular complexity index is 389. The van der Waals surface area contributed by atoms with Crippen molar-refractivity contribution in [3.63, 3.8) is 0 Å². The summed E-state index contributed by atoms with van der Waals surface area (Å²) in [5.41, 5.74) is 1.11. The molecule has 0 aliphatic rings. The normalized spacial score (nSPS) is 12.8. The molecule has 0 unspecified atom stereocenters. The summed E-state index contributed by atoms with van der Waals surface area (Å²) < 4.78 is 0. The number of hydrogen-bond donors (Lipinski definition) is 1. The lowest BCUT2D eigenvalue weighted by Gasteiger charge is -2.30. The Hall–Kier alpha value is -1.06. The highest BCUT2D eigenvalue weighted by Crippen LogP contribution is 2.14. The molecule has 1 amide bonds. The first-order chi connectivity index (χ1) is 8.45. The minimum atomic E-state index is -0.156. The van der Waals surface area contributed by atoms with Crippen LogP contribution in [0.5, 0.6) is 0 Å². The fourth-order valence-corrected chi connectivity index (χ4v) is 1.92. The van der Waals surface area contributed by atoms with Gasteiger partial charge in [-0.05, 0) is 45.0 Å². The van der Waals surface area contributed by atoms with Crippen molar-refractivity contribution in [2.45, 2.75) is 32.4 Å². The number of amides is 1. The van der Waals surface area contributed by atoms with Crippen molar-refractivity contribution < 1.29 is 4.79 Å². The molecule has 0 aliphatic carbocycles. The molecule has 0 aliphatic heterocycles. The van der Waals surface area contributed by atoms with E-state index in [0.717, 1.165) is 5.56 Å². The van der Waals surface area contributed by atoms with Gasteiger partial charge in [0.2, 0.25) is 5.91 Å². The first-order valence-corrected chi connectivity index (χ1v) is 6.51. The zero-order chi connectivity index (χ0) is 13.7. The molecule has 0 spiro atoms. The second kappa shape index (κ2) is 6.76. The second-order valence-corrected chi connectivity index (χ2v) is 5.16. The van der Waals surface area contributed by atoms with Gasteiger partial charge in [0.25, 0.3) is 0 Å². The molecule has 0 heterocycles. The van der Waals surface area contributed by atoms with Gasteiger partial charge in [0.15, 0.2) is 0 Å². The number of hydrogen-bond acceptors (Lipinski definition) is 2. The summed E-state index contributed by atoms with van der Waals surface area (Å²) in [7, 11) is 3.64. The molecule has 1 atom stereocenters. The van der Waals surface area contributed by atoms with Crippen LogP contribution in [0.3, 0.4) is 0 Å². The van der Waals surface area contributed by atoms with Gasteiger partial charge in [-0.1, -0.05) is 23.7 Å². The molecule has 3 nitrogen and oxygen atoms in total. The van der Waals surface area contributed by atoms with Crippen LogP contribution in [0.1, 0.15) is 19.4 Å². The Kier molecular flexibility index (Phi) is 5.63. The third kappa shape index (κ3) is 4.00. The average molecular weight is 269 g/mol. The zero-order valence-electron chi connectivity index (χ0n) is 11.4. The van der Waals surface area contributed by atoms with Crippen LogP contribution >= 0.6 is 11.6 Å². The van der Waals surface area contributed by atoms with E-state index in [9.17, 15) is 4.79 Å². The molecule has 0 saturated carbocycles. The Labute approximate surface area is 114 Å². The lowest BCUT2D eigenvalue weighted by molar-refractivity contribution is -0.126. The van der Waals surface area contributed by atoms with E-state index in [-0.39, 0.29) is 11.9 Å². The average Bonchev–Trinajstić information content (AvgIpc) is 2.36. The molecule has 0 saturated heterocycles. The molecule has 0 fully saturated rings. The fraction of sp³-hybridized carbons (Fsp3) is 0.500. The number of carbonyl (C=O) groups is 1. The zero-order valence-corrected chi connectivity index (χ0v) is 12.2. The summed E-state index contributed by atoms with van der Waals surface area (Å²) in [6, 6.07) is 7.80. The van der Waals surface area contributed by atoms with E-state index in [1.807, 2.05) is 31.3 Å². The lowest BCUT2D eigenvalue weighted by atomic mass is 10.0. The summed E-state index contributed by atoms with van der Waals surface area (Å²) in [4.78, 5) is 14.0. The maximum atomic E-state index is 12.0. The van der Waals surface area contributed by atoms with Gasteiger partial charge >= 0.3 is 0 Å². The first kappa shape index (κ1) is 15.0. The number of halogens is 1. The van der Waals surface area contributed by atoms with E-state index < -0.39 is 0 Å². The molecule has 1 aromatic carbocycles. The molecule has 0 aromatic heterocycles. The van der Waals surface area contributed by atoms with E-state index in [1.54, 1.807) is 7.05 Å². The van der Waals surface area contributed by atoms with Crippen molar-refractivity contribution in [2.75, 3.05) is 14.1 Å². The smallest absolute Gasteiger partial charge is 0.237 e. The number of nitrogens with zero attached hydrogens (tertiary/aromatic N) is 1. The highest BCUT2D eigenvalue weighted by molar-refractivity contribution is 6.30. The van der Waals surface area contributed by atoms with Crippen molar-refractivity contribution in [3.8, 4) is 0 Å². The molecular weight excluding hydrogens is 248 g/mol. The SMILES string of the molecule is CNC(=O)[C@@H](Cc1ccc(Cl)cc1)N(C)C(C)C. The summed E-state index contributed by atoms with van der Waals surface area (Å²) in [5, 5.41) is 3.44. The Morgan fingerprint density at radius 1 is 1.33 bits per heavy atom. The van der Waals surface area contributed by atoms with Crippen LogP contribution in [0, 0.1) is 0 Å². The molecule has 100 valence electrons. The van der Waals surface area contributed by atoms with E-state index in [4.69, 9.17) is 11.6 Å². The van der Waals surface area contributed by atoms with E-state index >= 15 is 0 Å². The minimum Gasteiger partial charge on any atom is -0.358 e. The van der Waals surface area contributed by atoms with E-state index in [2.05, 4.69) is 24.1 Å². The Morgan fingerprint density at radius 3 is 2.33 bits per heavy atom. The van der Waals surface area contributed by atoms with Crippen LogP contribution in [0.4, 0.5) is 0 Å². The van der Waals surface area contributed by atoms with Crippen LogP contribution in [-0.2, 0) is 11.2 Å². The summed E-state index contributed by atoms with van der Waals surface area (Å²) in [6.45, 7) is 4.16. The van der Waals surface area contributed by atoms with Gasteiger partial charge in [-0.2, -0.15) is 0 Å². The number of carbonyl (C=O) groups excluding carboxylic acids is 1. The third-order valence-electron chi connectivity index (χ3n) is 3.20. The van der Waals surface area contributed by atoms with Crippen molar-refractivity contribution >= 4 is 17.5 Å². The molecule has 4 heteroatoms. The molecule has 1 rings (SSSR count). The molecular formula is C14H21ClN2O. The number of rotatable bonds is 5. The van der Waals surface area contributed by atoms with Crippen LogP contribution in [0.2, 0.25) is 5.02 Å². The predicted molar refractivity (Wildman–Crippen MR) is 75.9 cm³/mol. The van der Waals surface area contributed by atoms with Crippen LogP contribution < -0.4 is 5.32 Å². The first-order valence-electron chi connectivity index (χ1n) is 6.13. The quantitative estimate of drug-likeness (QED) is 0.889. The molecule has 0 radical (unpaired) electrons. The van der Waals surface area contributed by atoms with Crippen molar-refractivity contribution in [1.29, 1.82) is 0 Å². The van der Waals surface area contributed by atoms with Crippen LogP contribution in [-0.4, -0.2) is 37.0 Å². The van der Waals surface area contributed by atoms with Crippen LogP contribution in [0.15, 0.2) is 24.3 Å². The minimum absolute atomic E-state index is 0.0427. The van der Waals surface area contributed by atoms with Gasteiger partial charge in [0.05, 0.1) is 6.04 Å². The monoisotopic (exact) mass is 268 g/mol. The molecule has 18 heavy (non-hydrogen) atoms. The predicted octanol–water partition coefficient (Wildman–Crippen LogP) is 2.34. The molecule has 1 N–H and O–H groups in total. The summed E-state index contributed by atoms with van der Waals surface area (Å²) in [6.07, 6.45) is 0.686. The topological polar surface area (TPSA) is 32.3 Å². The van der Waals surface area contributed by atoms with Crippen LogP contribution in [0.25, 0.3) is 0 Å². The third-order valence-corrected chi connectivity index (χ3v) is 3.45. The largest absolute Gasteiger partial charge is 0.358 e. The van der Waals surface area contributed by atoms with Gasteiger partial charge in [-0.3, -0.25) is 9.69 Å².